The van der Waals surface area contributed by atoms with E-state index in [1.54, 1.807) is 0 Å². The molecule has 1 fully saturated rings. The van der Waals surface area contributed by atoms with Gasteiger partial charge in [0, 0.05) is 49.5 Å². The van der Waals surface area contributed by atoms with Crippen LogP contribution in [-0.4, -0.2) is 39.7 Å². The number of aromatic nitrogens is 1. The number of hydrogen-bond donors (Lipinski definition) is 2. The third-order valence-corrected chi connectivity index (χ3v) is 7.42. The van der Waals surface area contributed by atoms with Crippen molar-refractivity contribution >= 4 is 11.5 Å². The summed E-state index contributed by atoms with van der Waals surface area (Å²) in [5, 5.41) is 13.3. The van der Waals surface area contributed by atoms with Crippen LogP contribution in [0.5, 0.6) is 0 Å². The third-order valence-electron chi connectivity index (χ3n) is 7.42. The van der Waals surface area contributed by atoms with Crippen LogP contribution in [-0.2, 0) is 17.9 Å². The number of nitrogens with one attached hydrogen (secondary N) is 1. The van der Waals surface area contributed by atoms with Gasteiger partial charge in [0.25, 0.3) is 5.56 Å². The summed E-state index contributed by atoms with van der Waals surface area (Å²) >= 11 is 0. The molecule has 0 unspecified atom stereocenters. The average Bonchev–Trinajstić information content (AvgIpc) is 3.39. The lowest BCUT2D eigenvalue weighted by Gasteiger charge is -2.38. The van der Waals surface area contributed by atoms with Crippen molar-refractivity contribution in [2.75, 3.05) is 13.2 Å². The van der Waals surface area contributed by atoms with Crippen molar-refractivity contribution < 1.29 is 9.90 Å². The molecule has 0 saturated carbocycles. The number of aliphatic hydroxyl groups is 1. The van der Waals surface area contributed by atoms with Crippen molar-refractivity contribution in [2.45, 2.75) is 51.4 Å². The molecule has 1 saturated heterocycles. The Labute approximate surface area is 188 Å². The Bertz CT molecular complexity index is 1090. The minimum Gasteiger partial charge on any atom is -0.396 e. The van der Waals surface area contributed by atoms with Crippen molar-refractivity contribution in [3.8, 4) is 0 Å². The van der Waals surface area contributed by atoms with Crippen LogP contribution < -0.4 is 10.9 Å². The first-order chi connectivity index (χ1) is 15.6. The maximum Gasteiger partial charge on any atom is 0.258 e. The number of allylic oxidation sites excluding steroid dienone is 2. The molecule has 1 amide bonds. The van der Waals surface area contributed by atoms with Crippen LogP contribution in [0.25, 0.3) is 5.57 Å². The molecule has 2 bridgehead atoms. The highest BCUT2D eigenvalue weighted by atomic mass is 16.3. The molecule has 168 valence electrons. The van der Waals surface area contributed by atoms with E-state index in [-0.39, 0.29) is 36.1 Å². The van der Waals surface area contributed by atoms with Crippen molar-refractivity contribution in [1.82, 2.24) is 14.8 Å². The van der Waals surface area contributed by atoms with Crippen LogP contribution in [0.15, 0.2) is 53.3 Å². The average molecular weight is 434 g/mol. The fraction of sp³-hybridized carbons (Fsp3) is 0.462. The molecular formula is C26H31N3O3. The summed E-state index contributed by atoms with van der Waals surface area (Å²) in [6.07, 6.45) is 5.25. The molecule has 5 rings (SSSR count). The number of carbonyl (C=O) groups is 1. The van der Waals surface area contributed by atoms with Crippen molar-refractivity contribution in [3.05, 3.63) is 75.7 Å². The van der Waals surface area contributed by atoms with Gasteiger partial charge in [0.15, 0.2) is 0 Å². The first kappa shape index (κ1) is 21.2. The summed E-state index contributed by atoms with van der Waals surface area (Å²) in [4.78, 5) is 29.0. The lowest BCUT2D eigenvalue weighted by molar-refractivity contribution is -0.127. The van der Waals surface area contributed by atoms with Gasteiger partial charge in [0.1, 0.15) is 0 Å². The third kappa shape index (κ3) is 3.42. The number of hydrogen-bond acceptors (Lipinski definition) is 4. The van der Waals surface area contributed by atoms with Crippen LogP contribution in [0.2, 0.25) is 0 Å². The number of aliphatic hydroxyl groups excluding tert-OH is 1. The Balaban J connectivity index is 1.61. The van der Waals surface area contributed by atoms with Crippen LogP contribution in [0, 0.1) is 11.8 Å². The van der Waals surface area contributed by atoms with Crippen molar-refractivity contribution in [3.63, 3.8) is 0 Å². The van der Waals surface area contributed by atoms with E-state index in [1.807, 2.05) is 41.8 Å². The Hall–Kier alpha value is -2.70. The van der Waals surface area contributed by atoms with Crippen LogP contribution >= 0.6 is 0 Å². The Morgan fingerprint density at radius 3 is 2.69 bits per heavy atom. The SMILES string of the molecule is CCNC(=O)[C@@H]1[C@@H](CO)[C@@H]2Cn3c(ccc(C4=CCCC4)c3=O)[C@H]1N2Cc1ccccc1. The summed E-state index contributed by atoms with van der Waals surface area (Å²) in [6, 6.07) is 13.9. The van der Waals surface area contributed by atoms with Gasteiger partial charge in [-0.25, -0.2) is 0 Å². The first-order valence-corrected chi connectivity index (χ1v) is 11.8. The minimum absolute atomic E-state index is 0.0400. The molecule has 0 spiro atoms. The number of pyridine rings is 1. The Morgan fingerprint density at radius 2 is 2.00 bits per heavy atom. The van der Waals surface area contributed by atoms with E-state index < -0.39 is 5.92 Å². The van der Waals surface area contributed by atoms with E-state index in [0.29, 0.717) is 19.6 Å². The predicted molar refractivity (Wildman–Crippen MR) is 124 cm³/mol. The van der Waals surface area contributed by atoms with Gasteiger partial charge in [-0.2, -0.15) is 0 Å². The molecule has 1 aliphatic carbocycles. The molecule has 32 heavy (non-hydrogen) atoms. The molecule has 2 N–H and O–H groups in total. The molecule has 2 aliphatic heterocycles. The Kier molecular flexibility index (Phi) is 5.74. The first-order valence-electron chi connectivity index (χ1n) is 11.8. The second kappa shape index (κ2) is 8.68. The Morgan fingerprint density at radius 1 is 1.19 bits per heavy atom. The lowest BCUT2D eigenvalue weighted by atomic mass is 9.86. The van der Waals surface area contributed by atoms with Crippen LogP contribution in [0.3, 0.4) is 0 Å². The molecule has 2 aromatic rings. The largest absolute Gasteiger partial charge is 0.396 e. The molecule has 1 aromatic heterocycles. The maximum atomic E-state index is 13.5. The number of amides is 1. The highest BCUT2D eigenvalue weighted by Crippen LogP contribution is 2.49. The number of carbonyl (C=O) groups excluding carboxylic acids is 1. The molecule has 4 atom stereocenters. The van der Waals surface area contributed by atoms with E-state index >= 15 is 0 Å². The van der Waals surface area contributed by atoms with Crippen molar-refractivity contribution in [2.24, 2.45) is 11.8 Å². The highest BCUT2D eigenvalue weighted by Gasteiger charge is 2.55. The van der Waals surface area contributed by atoms with Gasteiger partial charge >= 0.3 is 0 Å². The molecular weight excluding hydrogens is 402 g/mol. The smallest absolute Gasteiger partial charge is 0.258 e. The zero-order valence-corrected chi connectivity index (χ0v) is 18.5. The van der Waals surface area contributed by atoms with E-state index in [0.717, 1.165) is 36.1 Å². The predicted octanol–water partition coefficient (Wildman–Crippen LogP) is 2.72. The summed E-state index contributed by atoms with van der Waals surface area (Å²) in [7, 11) is 0. The number of nitrogens with zero attached hydrogens (tertiary/aromatic N) is 2. The van der Waals surface area contributed by atoms with Gasteiger partial charge in [0.2, 0.25) is 5.91 Å². The highest BCUT2D eigenvalue weighted by molar-refractivity contribution is 5.80. The summed E-state index contributed by atoms with van der Waals surface area (Å²) in [6.45, 7) is 3.57. The number of rotatable bonds is 6. The van der Waals surface area contributed by atoms with Gasteiger partial charge in [-0.05, 0) is 49.5 Å². The van der Waals surface area contributed by atoms with E-state index in [1.165, 1.54) is 5.56 Å². The second-order valence-electron chi connectivity index (χ2n) is 9.15. The number of benzene rings is 1. The summed E-state index contributed by atoms with van der Waals surface area (Å²) < 4.78 is 1.88. The van der Waals surface area contributed by atoms with Gasteiger partial charge < -0.3 is 15.0 Å². The second-order valence-corrected chi connectivity index (χ2v) is 9.15. The molecule has 0 radical (unpaired) electrons. The summed E-state index contributed by atoms with van der Waals surface area (Å²) in [5.41, 5.74) is 4.02. The fourth-order valence-electron chi connectivity index (χ4n) is 5.99. The molecule has 3 aliphatic rings. The van der Waals surface area contributed by atoms with E-state index in [2.05, 4.69) is 28.4 Å². The lowest BCUT2D eigenvalue weighted by Crippen LogP contribution is -2.46. The molecule has 6 heteroatoms. The van der Waals surface area contributed by atoms with Crippen LogP contribution in [0.1, 0.15) is 49.0 Å². The molecule has 6 nitrogen and oxygen atoms in total. The van der Waals surface area contributed by atoms with Gasteiger partial charge in [-0.15, -0.1) is 0 Å². The zero-order chi connectivity index (χ0) is 22.2. The monoisotopic (exact) mass is 433 g/mol. The number of fused-ring (bicyclic) bond motifs is 4. The molecule has 1 aromatic carbocycles. The van der Waals surface area contributed by atoms with E-state index in [9.17, 15) is 14.7 Å². The topological polar surface area (TPSA) is 74.6 Å². The summed E-state index contributed by atoms with van der Waals surface area (Å²) in [5.74, 6) is -0.650. The van der Waals surface area contributed by atoms with Crippen LogP contribution in [0.4, 0.5) is 0 Å². The van der Waals surface area contributed by atoms with Gasteiger partial charge in [-0.1, -0.05) is 36.4 Å². The van der Waals surface area contributed by atoms with E-state index in [4.69, 9.17) is 0 Å². The standard InChI is InChI=1S/C26H31N3O3/c1-2-27-25(31)23-20(16-30)22-15-29-21(13-12-19(26(29)32)18-10-6-7-11-18)24(23)28(22)14-17-8-4-3-5-9-17/h3-5,8-10,12-13,20,22-24,30H,2,6-7,11,14-16H2,1H3,(H,27,31)/t20-,22-,23+,24+/m0/s1. The van der Waals surface area contributed by atoms with Gasteiger partial charge in [-0.3, -0.25) is 14.5 Å². The normalized spacial score (nSPS) is 26.6. The van der Waals surface area contributed by atoms with Crippen molar-refractivity contribution in [1.29, 1.82) is 0 Å². The zero-order valence-electron chi connectivity index (χ0n) is 18.5. The minimum atomic E-state index is -0.390. The molecule has 3 heterocycles. The fourth-order valence-corrected chi connectivity index (χ4v) is 5.99. The quantitative estimate of drug-likeness (QED) is 0.735. The maximum absolute atomic E-state index is 13.5. The van der Waals surface area contributed by atoms with Gasteiger partial charge in [0.05, 0.1) is 12.0 Å².